The molecule has 0 radical (unpaired) electrons. The second-order valence-electron chi connectivity index (χ2n) is 8.24. The Bertz CT molecular complexity index is 1130. The van der Waals surface area contributed by atoms with E-state index in [9.17, 15) is 14.3 Å². The molecule has 0 spiro atoms. The fraction of sp³-hybridized carbons (Fsp3) is 0.333. The Morgan fingerprint density at radius 2 is 1.82 bits per heavy atom. The Morgan fingerprint density at radius 3 is 2.47 bits per heavy atom. The number of halogens is 1. The molecule has 2 aromatic carbocycles. The standard InChI is InChI=1S/C27H30FNO5/c1-4-18-15-22(19-5-8-21(28)9-6-19)29-26(16-18)27(2,32)12-11-23(31)20-7-10-24(34-14-13-30)25(17-20)33-3/h5-10,15-17,30,32H,4,11-14H2,1-3H3. The molecule has 0 aliphatic rings. The lowest BCUT2D eigenvalue weighted by Crippen LogP contribution is -2.24. The lowest BCUT2D eigenvalue weighted by atomic mass is 9.91. The molecule has 1 aromatic heterocycles. The largest absolute Gasteiger partial charge is 0.493 e. The molecule has 0 amide bonds. The second-order valence-corrected chi connectivity index (χ2v) is 8.24. The second kappa shape index (κ2) is 11.2. The van der Waals surface area contributed by atoms with Gasteiger partial charge in [0.2, 0.25) is 0 Å². The molecule has 0 aliphatic carbocycles. The summed E-state index contributed by atoms with van der Waals surface area (Å²) in [5.74, 6) is 0.352. The van der Waals surface area contributed by atoms with Crippen LogP contribution in [0.5, 0.6) is 11.5 Å². The van der Waals surface area contributed by atoms with Gasteiger partial charge in [0.15, 0.2) is 17.3 Å². The normalized spacial score (nSPS) is 12.8. The van der Waals surface area contributed by atoms with Crippen molar-refractivity contribution in [2.24, 2.45) is 0 Å². The highest BCUT2D eigenvalue weighted by molar-refractivity contribution is 5.96. The molecule has 1 heterocycles. The van der Waals surface area contributed by atoms with Gasteiger partial charge in [-0.2, -0.15) is 0 Å². The zero-order valence-electron chi connectivity index (χ0n) is 19.7. The summed E-state index contributed by atoms with van der Waals surface area (Å²) in [6.07, 6.45) is 1.00. The molecular formula is C27H30FNO5. The summed E-state index contributed by atoms with van der Waals surface area (Å²) in [5.41, 5.74) is 1.93. The lowest BCUT2D eigenvalue weighted by molar-refractivity contribution is 0.0397. The summed E-state index contributed by atoms with van der Waals surface area (Å²) in [4.78, 5) is 17.5. The van der Waals surface area contributed by atoms with Crippen molar-refractivity contribution < 1.29 is 28.9 Å². The number of nitrogens with zero attached hydrogens (tertiary/aromatic N) is 1. The van der Waals surface area contributed by atoms with E-state index < -0.39 is 5.60 Å². The topological polar surface area (TPSA) is 88.9 Å². The van der Waals surface area contributed by atoms with Crippen LogP contribution in [0.25, 0.3) is 11.3 Å². The van der Waals surface area contributed by atoms with Crippen LogP contribution in [0, 0.1) is 5.82 Å². The Morgan fingerprint density at radius 1 is 1.09 bits per heavy atom. The number of aliphatic hydroxyl groups is 2. The van der Waals surface area contributed by atoms with Gasteiger partial charge in [0, 0.05) is 17.5 Å². The van der Waals surface area contributed by atoms with Gasteiger partial charge in [-0.15, -0.1) is 0 Å². The molecule has 0 saturated carbocycles. The molecule has 1 atom stereocenters. The van der Waals surface area contributed by atoms with Gasteiger partial charge in [-0.3, -0.25) is 4.79 Å². The predicted molar refractivity (Wildman–Crippen MR) is 128 cm³/mol. The van der Waals surface area contributed by atoms with Gasteiger partial charge in [0.05, 0.1) is 25.1 Å². The number of Topliss-reactive ketones (excluding diaryl/α,β-unsaturated/α-hetero) is 1. The summed E-state index contributed by atoms with van der Waals surface area (Å²) in [6.45, 7) is 3.64. The minimum Gasteiger partial charge on any atom is -0.493 e. The first kappa shape index (κ1) is 25.3. The van der Waals surface area contributed by atoms with Gasteiger partial charge < -0.3 is 19.7 Å². The Hall–Kier alpha value is -3.29. The van der Waals surface area contributed by atoms with E-state index in [1.807, 2.05) is 19.1 Å². The van der Waals surface area contributed by atoms with Gasteiger partial charge in [-0.05, 0) is 79.9 Å². The maximum Gasteiger partial charge on any atom is 0.163 e. The van der Waals surface area contributed by atoms with E-state index in [2.05, 4.69) is 4.98 Å². The van der Waals surface area contributed by atoms with Gasteiger partial charge >= 0.3 is 0 Å². The van der Waals surface area contributed by atoms with E-state index in [1.54, 1.807) is 37.3 Å². The van der Waals surface area contributed by atoms with Crippen molar-refractivity contribution in [3.63, 3.8) is 0 Å². The van der Waals surface area contributed by atoms with Gasteiger partial charge in [0.25, 0.3) is 0 Å². The van der Waals surface area contributed by atoms with Crippen molar-refractivity contribution in [2.75, 3.05) is 20.3 Å². The fourth-order valence-electron chi connectivity index (χ4n) is 3.58. The molecule has 0 fully saturated rings. The van der Waals surface area contributed by atoms with Gasteiger partial charge in [-0.1, -0.05) is 6.92 Å². The van der Waals surface area contributed by atoms with Crippen molar-refractivity contribution >= 4 is 5.78 Å². The smallest absolute Gasteiger partial charge is 0.163 e. The third-order valence-electron chi connectivity index (χ3n) is 5.66. The molecule has 180 valence electrons. The fourth-order valence-corrected chi connectivity index (χ4v) is 3.58. The first-order valence-corrected chi connectivity index (χ1v) is 11.2. The number of benzene rings is 2. The molecule has 0 aliphatic heterocycles. The molecule has 0 saturated heterocycles. The minimum absolute atomic E-state index is 0.0942. The number of carbonyl (C=O) groups is 1. The van der Waals surface area contributed by atoms with Crippen molar-refractivity contribution in [2.45, 2.75) is 38.7 Å². The number of ketones is 1. The first-order valence-electron chi connectivity index (χ1n) is 11.2. The summed E-state index contributed by atoms with van der Waals surface area (Å²) < 4.78 is 24.0. The zero-order valence-corrected chi connectivity index (χ0v) is 19.7. The highest BCUT2D eigenvalue weighted by atomic mass is 19.1. The van der Waals surface area contributed by atoms with E-state index in [4.69, 9.17) is 14.6 Å². The van der Waals surface area contributed by atoms with Crippen molar-refractivity contribution in [1.82, 2.24) is 4.98 Å². The number of aryl methyl sites for hydroxylation is 1. The van der Waals surface area contributed by atoms with E-state index in [0.29, 0.717) is 28.5 Å². The Labute approximate surface area is 199 Å². The van der Waals surface area contributed by atoms with Crippen LogP contribution in [-0.2, 0) is 12.0 Å². The van der Waals surface area contributed by atoms with E-state index in [1.165, 1.54) is 19.2 Å². The number of hydrogen-bond donors (Lipinski definition) is 2. The summed E-state index contributed by atoms with van der Waals surface area (Å²) in [6, 6.07) is 14.7. The third-order valence-corrected chi connectivity index (χ3v) is 5.66. The van der Waals surface area contributed by atoms with E-state index in [0.717, 1.165) is 17.5 Å². The molecule has 1 unspecified atom stereocenters. The quantitative estimate of drug-likeness (QED) is 0.398. The number of pyridine rings is 1. The van der Waals surface area contributed by atoms with Crippen LogP contribution >= 0.6 is 0 Å². The highest BCUT2D eigenvalue weighted by Gasteiger charge is 2.27. The van der Waals surface area contributed by atoms with Crippen molar-refractivity contribution in [1.29, 1.82) is 0 Å². The molecule has 0 bridgehead atoms. The van der Waals surface area contributed by atoms with Crippen LogP contribution in [0.2, 0.25) is 0 Å². The van der Waals surface area contributed by atoms with E-state index >= 15 is 0 Å². The van der Waals surface area contributed by atoms with E-state index in [-0.39, 0.29) is 37.7 Å². The molecule has 2 N–H and O–H groups in total. The van der Waals surface area contributed by atoms with Crippen molar-refractivity contribution in [3.05, 3.63) is 77.2 Å². The van der Waals surface area contributed by atoms with Crippen molar-refractivity contribution in [3.8, 4) is 22.8 Å². The summed E-state index contributed by atoms with van der Waals surface area (Å²) in [5, 5.41) is 20.2. The number of methoxy groups -OCH3 is 1. The van der Waals surface area contributed by atoms with Crippen LogP contribution in [0.1, 0.15) is 48.3 Å². The number of aromatic nitrogens is 1. The summed E-state index contributed by atoms with van der Waals surface area (Å²) >= 11 is 0. The number of rotatable bonds is 11. The number of carbonyl (C=O) groups excluding carboxylic acids is 1. The minimum atomic E-state index is -1.34. The van der Waals surface area contributed by atoms with Crippen LogP contribution in [0.3, 0.4) is 0 Å². The maximum absolute atomic E-state index is 13.3. The summed E-state index contributed by atoms with van der Waals surface area (Å²) in [7, 11) is 1.48. The molecule has 3 rings (SSSR count). The molecule has 6 nitrogen and oxygen atoms in total. The monoisotopic (exact) mass is 467 g/mol. The molecule has 7 heteroatoms. The average Bonchev–Trinajstić information content (AvgIpc) is 2.86. The molecular weight excluding hydrogens is 437 g/mol. The first-order chi connectivity index (χ1) is 16.3. The predicted octanol–water partition coefficient (Wildman–Crippen LogP) is 4.70. The lowest BCUT2D eigenvalue weighted by Gasteiger charge is -2.24. The van der Waals surface area contributed by atoms with Crippen LogP contribution < -0.4 is 9.47 Å². The highest BCUT2D eigenvalue weighted by Crippen LogP contribution is 2.31. The Kier molecular flexibility index (Phi) is 8.36. The number of aliphatic hydroxyl groups excluding tert-OH is 1. The number of ether oxygens (including phenoxy) is 2. The number of hydrogen-bond acceptors (Lipinski definition) is 6. The van der Waals surface area contributed by atoms with Crippen LogP contribution in [0.4, 0.5) is 4.39 Å². The SMILES string of the molecule is CCc1cc(-c2ccc(F)cc2)nc(C(C)(O)CCC(=O)c2ccc(OCCO)c(OC)c2)c1. The van der Waals surface area contributed by atoms with Crippen LogP contribution in [-0.4, -0.2) is 41.3 Å². The molecule has 3 aromatic rings. The third kappa shape index (κ3) is 6.18. The van der Waals surface area contributed by atoms with Crippen LogP contribution in [0.15, 0.2) is 54.6 Å². The zero-order chi connectivity index (χ0) is 24.7. The maximum atomic E-state index is 13.3. The van der Waals surface area contributed by atoms with Gasteiger partial charge in [-0.25, -0.2) is 9.37 Å². The molecule has 34 heavy (non-hydrogen) atoms. The van der Waals surface area contributed by atoms with Gasteiger partial charge in [0.1, 0.15) is 18.0 Å². The Balaban J connectivity index is 1.78. The average molecular weight is 468 g/mol.